The molecule has 20 heavy (non-hydrogen) atoms. The highest BCUT2D eigenvalue weighted by molar-refractivity contribution is 5.71. The first kappa shape index (κ1) is 16.1. The first-order chi connectivity index (χ1) is 9.58. The van der Waals surface area contributed by atoms with Gasteiger partial charge in [-0.2, -0.15) is 0 Å². The topological polar surface area (TPSA) is 80.0 Å². The molecule has 0 aliphatic heterocycles. The van der Waals surface area contributed by atoms with Crippen LogP contribution in [0, 0.1) is 0 Å². The van der Waals surface area contributed by atoms with Crippen molar-refractivity contribution in [3.63, 3.8) is 0 Å². The molecule has 0 fully saturated rings. The van der Waals surface area contributed by atoms with E-state index in [4.69, 9.17) is 24.7 Å². The molecular formula is C14H21NO5. The molecule has 1 aromatic rings. The van der Waals surface area contributed by atoms with Crippen LogP contribution in [0.4, 0.5) is 0 Å². The molecule has 0 aliphatic rings. The molecule has 2 N–H and O–H groups in total. The molecule has 0 aliphatic carbocycles. The molecule has 112 valence electrons. The first-order valence-electron chi connectivity index (χ1n) is 6.29. The fraction of sp³-hybridized carbons (Fsp3) is 0.500. The van der Waals surface area contributed by atoms with Crippen molar-refractivity contribution in [2.75, 3.05) is 27.9 Å². The zero-order valence-corrected chi connectivity index (χ0v) is 12.3. The number of ether oxygens (including phenoxy) is 4. The average molecular weight is 283 g/mol. The molecule has 0 bridgehead atoms. The van der Waals surface area contributed by atoms with E-state index in [1.54, 1.807) is 19.1 Å². The van der Waals surface area contributed by atoms with Crippen LogP contribution < -0.4 is 19.9 Å². The highest BCUT2D eigenvalue weighted by atomic mass is 16.5. The Kier molecular flexibility index (Phi) is 6.11. The van der Waals surface area contributed by atoms with Gasteiger partial charge in [-0.1, -0.05) is 0 Å². The lowest BCUT2D eigenvalue weighted by Crippen LogP contribution is -2.18. The fourth-order valence-electron chi connectivity index (χ4n) is 1.93. The first-order valence-corrected chi connectivity index (χ1v) is 6.29. The summed E-state index contributed by atoms with van der Waals surface area (Å²) in [5.41, 5.74) is 6.71. The lowest BCUT2D eigenvalue weighted by atomic mass is 10.0. The minimum Gasteiger partial charge on any atom is -0.493 e. The van der Waals surface area contributed by atoms with Gasteiger partial charge in [0.25, 0.3) is 0 Å². The fourth-order valence-corrected chi connectivity index (χ4v) is 1.93. The third kappa shape index (κ3) is 3.54. The number of carbonyl (C=O) groups excluding carboxylic acids is 1. The number of methoxy groups -OCH3 is 3. The van der Waals surface area contributed by atoms with Gasteiger partial charge in [0.1, 0.15) is 0 Å². The largest absolute Gasteiger partial charge is 0.493 e. The summed E-state index contributed by atoms with van der Waals surface area (Å²) in [4.78, 5) is 11.5. The predicted molar refractivity (Wildman–Crippen MR) is 74.3 cm³/mol. The highest BCUT2D eigenvalue weighted by Gasteiger charge is 2.22. The predicted octanol–water partition coefficient (Wildman–Crippen LogP) is 1.67. The Balaban J connectivity index is 3.08. The molecule has 0 spiro atoms. The Hall–Kier alpha value is -1.95. The summed E-state index contributed by atoms with van der Waals surface area (Å²) in [6, 6.07) is 2.94. The van der Waals surface area contributed by atoms with Crippen LogP contribution >= 0.6 is 0 Å². The minimum atomic E-state index is -0.538. The smallest absolute Gasteiger partial charge is 0.307 e. The zero-order chi connectivity index (χ0) is 15.1. The molecule has 1 atom stereocenters. The van der Waals surface area contributed by atoms with Crippen LogP contribution in [0.1, 0.15) is 24.9 Å². The van der Waals surface area contributed by atoms with Crippen molar-refractivity contribution < 1.29 is 23.7 Å². The van der Waals surface area contributed by atoms with Gasteiger partial charge in [-0.05, 0) is 19.1 Å². The summed E-state index contributed by atoms with van der Waals surface area (Å²) >= 11 is 0. The molecule has 0 heterocycles. The molecule has 0 aromatic heterocycles. The second kappa shape index (κ2) is 7.59. The van der Waals surface area contributed by atoms with Gasteiger partial charge in [-0.15, -0.1) is 0 Å². The highest BCUT2D eigenvalue weighted by Crippen LogP contribution is 2.42. The Bertz CT molecular complexity index is 461. The van der Waals surface area contributed by atoms with Crippen molar-refractivity contribution in [1.82, 2.24) is 0 Å². The molecule has 0 radical (unpaired) electrons. The molecule has 0 amide bonds. The number of carbonyl (C=O) groups is 1. The van der Waals surface area contributed by atoms with Crippen molar-refractivity contribution in [2.45, 2.75) is 19.4 Å². The number of benzene rings is 1. The van der Waals surface area contributed by atoms with Crippen molar-refractivity contribution >= 4 is 5.97 Å². The molecule has 0 saturated carbocycles. The molecule has 0 saturated heterocycles. The molecule has 1 aromatic carbocycles. The van der Waals surface area contributed by atoms with Gasteiger partial charge in [0, 0.05) is 11.6 Å². The summed E-state index contributed by atoms with van der Waals surface area (Å²) in [5.74, 6) is 1.10. The molecule has 6 nitrogen and oxygen atoms in total. The van der Waals surface area contributed by atoms with Crippen molar-refractivity contribution in [1.29, 1.82) is 0 Å². The van der Waals surface area contributed by atoms with Gasteiger partial charge in [-0.3, -0.25) is 4.79 Å². The molecule has 1 rings (SSSR count). The lowest BCUT2D eigenvalue weighted by molar-refractivity contribution is -0.143. The minimum absolute atomic E-state index is 0.0691. The number of rotatable bonds is 7. The third-order valence-electron chi connectivity index (χ3n) is 2.83. The van der Waals surface area contributed by atoms with E-state index in [9.17, 15) is 4.79 Å². The average Bonchev–Trinajstić information content (AvgIpc) is 2.45. The van der Waals surface area contributed by atoms with Gasteiger partial charge in [-0.25, -0.2) is 0 Å². The normalized spacial score (nSPS) is 11.7. The van der Waals surface area contributed by atoms with Crippen LogP contribution in [-0.4, -0.2) is 33.9 Å². The van der Waals surface area contributed by atoms with Crippen LogP contribution in [0.2, 0.25) is 0 Å². The monoisotopic (exact) mass is 283 g/mol. The Morgan fingerprint density at radius 1 is 1.15 bits per heavy atom. The maximum atomic E-state index is 11.5. The molecule has 0 unspecified atom stereocenters. The van der Waals surface area contributed by atoms with Gasteiger partial charge in [0.05, 0.1) is 34.4 Å². The van der Waals surface area contributed by atoms with E-state index in [0.29, 0.717) is 29.4 Å². The Labute approximate surface area is 118 Å². The van der Waals surface area contributed by atoms with E-state index in [-0.39, 0.29) is 12.4 Å². The second-order valence-corrected chi connectivity index (χ2v) is 4.04. The molecule has 6 heteroatoms. The second-order valence-electron chi connectivity index (χ2n) is 4.04. The third-order valence-corrected chi connectivity index (χ3v) is 2.83. The van der Waals surface area contributed by atoms with Gasteiger partial charge < -0.3 is 24.7 Å². The van der Waals surface area contributed by atoms with Gasteiger partial charge in [0.15, 0.2) is 11.5 Å². The summed E-state index contributed by atoms with van der Waals surface area (Å²) in [7, 11) is 4.56. The number of nitrogens with two attached hydrogens (primary N) is 1. The van der Waals surface area contributed by atoms with E-state index < -0.39 is 6.04 Å². The zero-order valence-electron chi connectivity index (χ0n) is 12.3. The lowest BCUT2D eigenvalue weighted by Gasteiger charge is -2.19. The maximum Gasteiger partial charge on any atom is 0.307 e. The summed E-state index contributed by atoms with van der Waals surface area (Å²) < 4.78 is 20.7. The maximum absolute atomic E-state index is 11.5. The Morgan fingerprint density at radius 2 is 1.80 bits per heavy atom. The van der Waals surface area contributed by atoms with Crippen molar-refractivity contribution in [2.24, 2.45) is 5.73 Å². The van der Waals surface area contributed by atoms with Crippen molar-refractivity contribution in [3.8, 4) is 17.2 Å². The SMILES string of the molecule is CCOC(=O)C[C@H](N)c1ccc(OC)c(OC)c1OC. The van der Waals surface area contributed by atoms with E-state index in [1.807, 2.05) is 0 Å². The van der Waals surface area contributed by atoms with E-state index >= 15 is 0 Å². The van der Waals surface area contributed by atoms with Gasteiger partial charge in [0.2, 0.25) is 5.75 Å². The van der Waals surface area contributed by atoms with Crippen LogP contribution in [0.15, 0.2) is 12.1 Å². The summed E-state index contributed by atoms with van der Waals surface area (Å²) in [6.45, 7) is 2.08. The number of hydrogen-bond donors (Lipinski definition) is 1. The number of esters is 1. The summed E-state index contributed by atoms with van der Waals surface area (Å²) in [5, 5.41) is 0. The van der Waals surface area contributed by atoms with E-state index in [0.717, 1.165) is 0 Å². The van der Waals surface area contributed by atoms with Crippen LogP contribution in [0.25, 0.3) is 0 Å². The van der Waals surface area contributed by atoms with Crippen LogP contribution in [-0.2, 0) is 9.53 Å². The van der Waals surface area contributed by atoms with Gasteiger partial charge >= 0.3 is 5.97 Å². The standard InChI is InChI=1S/C14H21NO5/c1-5-20-12(16)8-10(15)9-6-7-11(17-2)14(19-4)13(9)18-3/h6-7,10H,5,8,15H2,1-4H3/t10-/m0/s1. The quantitative estimate of drug-likeness (QED) is 0.767. The van der Waals surface area contributed by atoms with Crippen molar-refractivity contribution in [3.05, 3.63) is 17.7 Å². The van der Waals surface area contributed by atoms with E-state index in [1.165, 1.54) is 21.3 Å². The number of hydrogen-bond acceptors (Lipinski definition) is 6. The summed E-state index contributed by atoms with van der Waals surface area (Å²) in [6.07, 6.45) is 0.0691. The molecular weight excluding hydrogens is 262 g/mol. The van der Waals surface area contributed by atoms with Crippen LogP contribution in [0.5, 0.6) is 17.2 Å². The Morgan fingerprint density at radius 3 is 2.30 bits per heavy atom. The van der Waals surface area contributed by atoms with E-state index in [2.05, 4.69) is 0 Å². The van der Waals surface area contributed by atoms with Crippen LogP contribution in [0.3, 0.4) is 0 Å².